The highest BCUT2D eigenvalue weighted by Gasteiger charge is 2.32. The largest absolute Gasteiger partial charge is 0.509 e. The molecule has 0 saturated heterocycles. The van der Waals surface area contributed by atoms with Gasteiger partial charge in [0.2, 0.25) is 5.89 Å². The van der Waals surface area contributed by atoms with Gasteiger partial charge in [-0.15, -0.1) is 0 Å². The average Bonchev–Trinajstić information content (AvgIpc) is 3.43. The minimum atomic E-state index is -1.22. The van der Waals surface area contributed by atoms with E-state index < -0.39 is 30.2 Å². The zero-order chi connectivity index (χ0) is 28.1. The maximum atomic E-state index is 13.5. The molecule has 0 aliphatic heterocycles. The summed E-state index contributed by atoms with van der Waals surface area (Å²) in [6.45, 7) is 5.38. The molecule has 0 spiro atoms. The molecule has 3 aromatic rings. The van der Waals surface area contributed by atoms with Crippen LogP contribution in [-0.4, -0.2) is 44.9 Å². The van der Waals surface area contributed by atoms with Gasteiger partial charge in [0.15, 0.2) is 11.8 Å². The number of carbonyl (C=O) groups is 3. The lowest BCUT2D eigenvalue weighted by atomic mass is 9.98. The molecule has 1 aliphatic carbocycles. The molecule has 1 aromatic carbocycles. The van der Waals surface area contributed by atoms with E-state index in [4.69, 9.17) is 13.9 Å². The molecule has 0 radical (unpaired) electrons. The van der Waals surface area contributed by atoms with Crippen LogP contribution in [0.2, 0.25) is 0 Å². The number of ether oxygens (including phenoxy) is 2. The highest BCUT2D eigenvalue weighted by Crippen LogP contribution is 2.28. The Morgan fingerprint density at radius 1 is 1.18 bits per heavy atom. The number of nitrogens with one attached hydrogen (secondary N) is 1. The van der Waals surface area contributed by atoms with Crippen LogP contribution in [0.15, 0.2) is 34.9 Å². The van der Waals surface area contributed by atoms with Crippen molar-refractivity contribution in [2.45, 2.75) is 84.0 Å². The van der Waals surface area contributed by atoms with Gasteiger partial charge in [0.1, 0.15) is 17.9 Å². The quantitative estimate of drug-likeness (QED) is 0.324. The van der Waals surface area contributed by atoms with E-state index >= 15 is 0 Å². The number of amides is 1. The molecule has 1 fully saturated rings. The smallest absolute Gasteiger partial charge is 0.476 e. The fourth-order valence-electron chi connectivity index (χ4n) is 5.14. The van der Waals surface area contributed by atoms with Crippen molar-refractivity contribution in [2.75, 3.05) is 0 Å². The second-order valence-corrected chi connectivity index (χ2v) is 10.7. The van der Waals surface area contributed by atoms with E-state index in [1.807, 2.05) is 55.9 Å². The van der Waals surface area contributed by atoms with Crippen LogP contribution in [0, 0.1) is 12.8 Å². The van der Waals surface area contributed by atoms with Gasteiger partial charge in [0, 0.05) is 30.6 Å². The standard InChI is InChI=1S/C29H37N3O7/c1-17(2)14-24(39-29(36)38-20-10-6-5-7-11-20)26(33)30-22(27-31-25(28(34)35)18(3)37-27)15-19-16-32(4)23-13-9-8-12-21(19)23/h8-9,12-13,16-17,20,22,24H,5-7,10-11,14-15H2,1-4H3,(H,30,33)(H,34,35)/t22-,24+/m1/s1. The number of benzene rings is 1. The Morgan fingerprint density at radius 2 is 1.90 bits per heavy atom. The third-order valence-corrected chi connectivity index (χ3v) is 7.07. The highest BCUT2D eigenvalue weighted by molar-refractivity contribution is 5.87. The van der Waals surface area contributed by atoms with E-state index in [0.29, 0.717) is 0 Å². The molecule has 2 N–H and O–H groups in total. The Kier molecular flexibility index (Phi) is 8.93. The minimum Gasteiger partial charge on any atom is -0.476 e. The van der Waals surface area contributed by atoms with Crippen molar-refractivity contribution in [3.63, 3.8) is 0 Å². The lowest BCUT2D eigenvalue weighted by Gasteiger charge is -2.25. The number of carboxylic acid groups (broad SMARTS) is 1. The van der Waals surface area contributed by atoms with Gasteiger partial charge in [0.25, 0.3) is 5.91 Å². The molecular weight excluding hydrogens is 502 g/mol. The van der Waals surface area contributed by atoms with Gasteiger partial charge in [-0.05, 0) is 56.6 Å². The molecule has 39 heavy (non-hydrogen) atoms. The number of fused-ring (bicyclic) bond motifs is 1. The van der Waals surface area contributed by atoms with E-state index in [0.717, 1.165) is 48.6 Å². The number of hydrogen-bond acceptors (Lipinski definition) is 7. The first-order valence-corrected chi connectivity index (χ1v) is 13.5. The van der Waals surface area contributed by atoms with Gasteiger partial charge in [-0.1, -0.05) is 38.5 Å². The summed E-state index contributed by atoms with van der Waals surface area (Å²) in [7, 11) is 1.93. The van der Waals surface area contributed by atoms with Crippen molar-refractivity contribution in [3.8, 4) is 0 Å². The number of carboxylic acids is 1. The van der Waals surface area contributed by atoms with E-state index in [1.54, 1.807) is 0 Å². The maximum Gasteiger partial charge on any atom is 0.509 e. The summed E-state index contributed by atoms with van der Waals surface area (Å²) in [5, 5.41) is 13.4. The van der Waals surface area contributed by atoms with Gasteiger partial charge in [-0.2, -0.15) is 0 Å². The SMILES string of the molecule is Cc1oc([C@@H](Cc2cn(C)c3ccccc23)NC(=O)[C@H](CC(C)C)OC(=O)OC2CCCCC2)nc1C(=O)O. The van der Waals surface area contributed by atoms with Gasteiger partial charge in [-0.25, -0.2) is 14.6 Å². The molecule has 2 atom stereocenters. The average molecular weight is 540 g/mol. The van der Waals surface area contributed by atoms with E-state index in [1.165, 1.54) is 6.92 Å². The first-order chi connectivity index (χ1) is 18.6. The van der Waals surface area contributed by atoms with Crippen molar-refractivity contribution in [1.82, 2.24) is 14.9 Å². The minimum absolute atomic E-state index is 0.0577. The number of aryl methyl sites for hydroxylation is 2. The molecule has 0 unspecified atom stereocenters. The number of aromatic nitrogens is 2. The number of nitrogens with zero attached hydrogens (tertiary/aromatic N) is 2. The van der Waals surface area contributed by atoms with Crippen molar-refractivity contribution in [1.29, 1.82) is 0 Å². The number of hydrogen-bond donors (Lipinski definition) is 2. The zero-order valence-corrected chi connectivity index (χ0v) is 22.9. The van der Waals surface area contributed by atoms with Gasteiger partial charge >= 0.3 is 12.1 Å². The number of aromatic carboxylic acids is 1. The molecular formula is C29H37N3O7. The molecule has 210 valence electrons. The van der Waals surface area contributed by atoms with Crippen LogP contribution < -0.4 is 5.32 Å². The summed E-state index contributed by atoms with van der Waals surface area (Å²) in [6.07, 6.45) is 5.09. The number of para-hydroxylation sites is 1. The molecule has 1 aliphatic rings. The topological polar surface area (TPSA) is 133 Å². The van der Waals surface area contributed by atoms with Gasteiger partial charge < -0.3 is 28.9 Å². The Labute approximate surface area is 227 Å². The molecule has 10 nitrogen and oxygen atoms in total. The van der Waals surface area contributed by atoms with Gasteiger partial charge in [0.05, 0.1) is 0 Å². The molecule has 10 heteroatoms. The summed E-state index contributed by atoms with van der Waals surface area (Å²) in [4.78, 5) is 42.0. The van der Waals surface area contributed by atoms with Crippen molar-refractivity contribution < 1.29 is 33.4 Å². The predicted molar refractivity (Wildman–Crippen MR) is 143 cm³/mol. The monoisotopic (exact) mass is 539 g/mol. The normalized spacial score (nSPS) is 15.7. The highest BCUT2D eigenvalue weighted by atomic mass is 16.7. The predicted octanol–water partition coefficient (Wildman–Crippen LogP) is 5.47. The molecule has 1 amide bonds. The van der Waals surface area contributed by atoms with Gasteiger partial charge in [-0.3, -0.25) is 4.79 Å². The van der Waals surface area contributed by atoms with Crippen molar-refractivity contribution >= 4 is 28.9 Å². The lowest BCUT2D eigenvalue weighted by molar-refractivity contribution is -0.133. The third-order valence-electron chi connectivity index (χ3n) is 7.07. The number of carbonyl (C=O) groups excluding carboxylic acids is 2. The summed E-state index contributed by atoms with van der Waals surface area (Å²) >= 11 is 0. The Morgan fingerprint density at radius 3 is 2.56 bits per heavy atom. The van der Waals surface area contributed by atoms with Crippen LogP contribution in [0.25, 0.3) is 10.9 Å². The molecule has 4 rings (SSSR count). The summed E-state index contributed by atoms with van der Waals surface area (Å²) in [6, 6.07) is 7.06. The molecule has 2 aromatic heterocycles. The van der Waals surface area contributed by atoms with Crippen LogP contribution in [0.3, 0.4) is 0 Å². The third kappa shape index (κ3) is 6.99. The first kappa shape index (κ1) is 28.2. The Balaban J connectivity index is 1.58. The van der Waals surface area contributed by atoms with E-state index in [9.17, 15) is 19.5 Å². The fourth-order valence-corrected chi connectivity index (χ4v) is 5.14. The van der Waals surface area contributed by atoms with E-state index in [-0.39, 0.29) is 42.2 Å². The summed E-state index contributed by atoms with van der Waals surface area (Å²) < 4.78 is 18.7. The maximum absolute atomic E-state index is 13.5. The number of oxazole rings is 1. The fraction of sp³-hybridized carbons (Fsp3) is 0.517. The Hall–Kier alpha value is -3.82. The summed E-state index contributed by atoms with van der Waals surface area (Å²) in [5.41, 5.74) is 1.72. The second kappa shape index (κ2) is 12.4. The zero-order valence-electron chi connectivity index (χ0n) is 22.9. The van der Waals surface area contributed by atoms with Crippen LogP contribution in [-0.2, 0) is 27.7 Å². The molecule has 2 heterocycles. The molecule has 0 bridgehead atoms. The summed E-state index contributed by atoms with van der Waals surface area (Å²) in [5.74, 6) is -1.48. The van der Waals surface area contributed by atoms with Crippen LogP contribution in [0.1, 0.15) is 86.1 Å². The van der Waals surface area contributed by atoms with Crippen LogP contribution in [0.5, 0.6) is 0 Å². The van der Waals surface area contributed by atoms with Crippen LogP contribution >= 0.6 is 0 Å². The molecule has 1 saturated carbocycles. The number of rotatable bonds is 10. The Bertz CT molecular complexity index is 1320. The second-order valence-electron chi connectivity index (χ2n) is 10.7. The van der Waals surface area contributed by atoms with E-state index in [2.05, 4.69) is 10.3 Å². The lowest BCUT2D eigenvalue weighted by Crippen LogP contribution is -2.41. The van der Waals surface area contributed by atoms with Crippen LogP contribution in [0.4, 0.5) is 4.79 Å². The first-order valence-electron chi connectivity index (χ1n) is 13.5. The van der Waals surface area contributed by atoms with Crippen molar-refractivity contribution in [2.24, 2.45) is 13.0 Å². The van der Waals surface area contributed by atoms with Crippen molar-refractivity contribution in [3.05, 3.63) is 53.4 Å².